The average molecular weight is 386 g/mol. The number of amides is 1. The van der Waals surface area contributed by atoms with Crippen molar-refractivity contribution < 1.29 is 9.90 Å². The molecule has 1 amide bonds. The molecule has 6 nitrogen and oxygen atoms in total. The molecule has 0 unspecified atom stereocenters. The van der Waals surface area contributed by atoms with Gasteiger partial charge in [-0.25, -0.2) is 4.98 Å². The first-order valence-corrected chi connectivity index (χ1v) is 9.03. The van der Waals surface area contributed by atoms with E-state index in [-0.39, 0.29) is 17.6 Å². The molecular weight excluding hydrogens is 366 g/mol. The third kappa shape index (κ3) is 4.35. The zero-order valence-electron chi connectivity index (χ0n) is 14.9. The topological polar surface area (TPSA) is 95.1 Å². The number of aliphatic hydroxyl groups is 1. The minimum Gasteiger partial charge on any atom is -0.396 e. The van der Waals surface area contributed by atoms with Gasteiger partial charge in [-0.1, -0.05) is 23.7 Å². The molecule has 0 spiro atoms. The SMILES string of the molecule is Cc1nc2[nH]cc(C(=O)NCc3ccc(Cl)cc3)c(=O)c2cc1CCCO. The molecule has 3 N–H and O–H groups in total. The lowest BCUT2D eigenvalue weighted by molar-refractivity contribution is 0.0949. The molecule has 140 valence electrons. The van der Waals surface area contributed by atoms with Gasteiger partial charge in [0.2, 0.25) is 5.43 Å². The van der Waals surface area contributed by atoms with E-state index in [4.69, 9.17) is 16.7 Å². The molecule has 0 fully saturated rings. The summed E-state index contributed by atoms with van der Waals surface area (Å²) in [5.74, 6) is -0.453. The number of hydrogen-bond donors (Lipinski definition) is 3. The largest absolute Gasteiger partial charge is 0.396 e. The predicted molar refractivity (Wildman–Crippen MR) is 105 cm³/mol. The fraction of sp³-hybridized carbons (Fsp3) is 0.250. The molecule has 2 heterocycles. The Balaban J connectivity index is 1.86. The molecule has 3 rings (SSSR count). The molecule has 0 bridgehead atoms. The van der Waals surface area contributed by atoms with Gasteiger partial charge in [0.05, 0.1) is 5.39 Å². The van der Waals surface area contributed by atoms with E-state index < -0.39 is 5.91 Å². The quantitative estimate of drug-likeness (QED) is 0.608. The molecule has 0 atom stereocenters. The van der Waals surface area contributed by atoms with Gasteiger partial charge in [0.15, 0.2) is 0 Å². The number of rotatable bonds is 6. The van der Waals surface area contributed by atoms with Crippen molar-refractivity contribution in [2.75, 3.05) is 6.61 Å². The highest BCUT2D eigenvalue weighted by atomic mass is 35.5. The Morgan fingerprint density at radius 2 is 2.04 bits per heavy atom. The van der Waals surface area contributed by atoms with Crippen molar-refractivity contribution >= 4 is 28.5 Å². The highest BCUT2D eigenvalue weighted by Crippen LogP contribution is 2.14. The zero-order chi connectivity index (χ0) is 19.4. The Kier molecular flexibility index (Phi) is 5.88. The first-order chi connectivity index (χ1) is 13.0. The van der Waals surface area contributed by atoms with Crippen molar-refractivity contribution in [3.8, 4) is 0 Å². The molecule has 3 aromatic rings. The van der Waals surface area contributed by atoms with Gasteiger partial charge in [0.25, 0.3) is 5.91 Å². The molecule has 0 aliphatic carbocycles. The van der Waals surface area contributed by atoms with Crippen LogP contribution in [0.25, 0.3) is 11.0 Å². The second-order valence-electron chi connectivity index (χ2n) is 6.30. The maximum absolute atomic E-state index is 12.8. The molecule has 0 aliphatic rings. The summed E-state index contributed by atoms with van der Waals surface area (Å²) in [7, 11) is 0. The molecule has 0 saturated carbocycles. The molecule has 0 saturated heterocycles. The minimum absolute atomic E-state index is 0.0372. The number of aliphatic hydroxyl groups excluding tert-OH is 1. The summed E-state index contributed by atoms with van der Waals surface area (Å²) in [5.41, 5.74) is 2.69. The van der Waals surface area contributed by atoms with Gasteiger partial charge >= 0.3 is 0 Å². The number of nitrogens with one attached hydrogen (secondary N) is 2. The fourth-order valence-electron chi connectivity index (χ4n) is 2.85. The molecule has 2 aromatic heterocycles. The van der Waals surface area contributed by atoms with Crippen LogP contribution in [0.1, 0.15) is 33.6 Å². The van der Waals surface area contributed by atoms with Crippen LogP contribution in [0.5, 0.6) is 0 Å². The van der Waals surface area contributed by atoms with Crippen LogP contribution < -0.4 is 10.7 Å². The normalized spacial score (nSPS) is 10.9. The molecule has 0 radical (unpaired) electrons. The van der Waals surface area contributed by atoms with Crippen LogP contribution in [-0.4, -0.2) is 27.6 Å². The molecule has 7 heteroatoms. The van der Waals surface area contributed by atoms with E-state index in [9.17, 15) is 9.59 Å². The summed E-state index contributed by atoms with van der Waals surface area (Å²) in [6, 6.07) is 8.87. The van der Waals surface area contributed by atoms with E-state index in [1.807, 2.05) is 19.1 Å². The number of halogens is 1. The minimum atomic E-state index is -0.453. The van der Waals surface area contributed by atoms with E-state index >= 15 is 0 Å². The Bertz CT molecular complexity index is 1030. The van der Waals surface area contributed by atoms with Crippen LogP contribution in [0.2, 0.25) is 5.02 Å². The lowest BCUT2D eigenvalue weighted by atomic mass is 10.1. The zero-order valence-corrected chi connectivity index (χ0v) is 15.6. The first-order valence-electron chi connectivity index (χ1n) is 8.65. The second-order valence-corrected chi connectivity index (χ2v) is 6.73. The lowest BCUT2D eigenvalue weighted by Crippen LogP contribution is -2.28. The first kappa shape index (κ1) is 19.1. The predicted octanol–water partition coefficient (Wildman–Crippen LogP) is 2.74. The summed E-state index contributed by atoms with van der Waals surface area (Å²) < 4.78 is 0. The maximum atomic E-state index is 12.8. The number of pyridine rings is 2. The number of aromatic amines is 1. The van der Waals surface area contributed by atoms with Crippen LogP contribution in [0.15, 0.2) is 41.3 Å². The maximum Gasteiger partial charge on any atom is 0.257 e. The van der Waals surface area contributed by atoms with Crippen LogP contribution in [-0.2, 0) is 13.0 Å². The summed E-state index contributed by atoms with van der Waals surface area (Å²) in [6.45, 7) is 2.22. The Morgan fingerprint density at radius 1 is 1.30 bits per heavy atom. The number of H-pyrrole nitrogens is 1. The summed E-state index contributed by atoms with van der Waals surface area (Å²) in [5, 5.41) is 12.8. The van der Waals surface area contributed by atoms with Crippen LogP contribution in [0, 0.1) is 6.92 Å². The van der Waals surface area contributed by atoms with Gasteiger partial charge in [-0.05, 0) is 49.1 Å². The highest BCUT2D eigenvalue weighted by Gasteiger charge is 2.15. The number of nitrogens with zero attached hydrogens (tertiary/aromatic N) is 1. The van der Waals surface area contributed by atoms with E-state index in [2.05, 4.69) is 15.3 Å². The van der Waals surface area contributed by atoms with Gasteiger partial charge in [-0.3, -0.25) is 9.59 Å². The average Bonchev–Trinajstić information content (AvgIpc) is 2.66. The van der Waals surface area contributed by atoms with Crippen LogP contribution >= 0.6 is 11.6 Å². The van der Waals surface area contributed by atoms with Gasteiger partial charge in [0, 0.05) is 30.1 Å². The monoisotopic (exact) mass is 385 g/mol. The fourth-order valence-corrected chi connectivity index (χ4v) is 2.98. The third-order valence-electron chi connectivity index (χ3n) is 4.38. The Hall–Kier alpha value is -2.70. The molecule has 0 aliphatic heterocycles. The summed E-state index contributed by atoms with van der Waals surface area (Å²) >= 11 is 5.85. The Morgan fingerprint density at radius 3 is 2.74 bits per heavy atom. The number of hydrogen-bond acceptors (Lipinski definition) is 4. The van der Waals surface area contributed by atoms with Crippen molar-refractivity contribution in [2.45, 2.75) is 26.3 Å². The Labute approximate surface area is 161 Å². The van der Waals surface area contributed by atoms with Gasteiger partial charge in [-0.15, -0.1) is 0 Å². The van der Waals surface area contributed by atoms with Crippen LogP contribution in [0.4, 0.5) is 0 Å². The summed E-state index contributed by atoms with van der Waals surface area (Å²) in [4.78, 5) is 32.6. The van der Waals surface area contributed by atoms with E-state index in [1.165, 1.54) is 6.20 Å². The van der Waals surface area contributed by atoms with Gasteiger partial charge in [0.1, 0.15) is 11.2 Å². The van der Waals surface area contributed by atoms with Crippen molar-refractivity contribution in [1.82, 2.24) is 15.3 Å². The van der Waals surface area contributed by atoms with Gasteiger partial charge < -0.3 is 15.4 Å². The second kappa shape index (κ2) is 8.33. The van der Waals surface area contributed by atoms with E-state index in [0.717, 1.165) is 16.8 Å². The number of aryl methyl sites for hydroxylation is 2. The van der Waals surface area contributed by atoms with Crippen molar-refractivity contribution in [3.63, 3.8) is 0 Å². The highest BCUT2D eigenvalue weighted by molar-refractivity contribution is 6.30. The number of fused-ring (bicyclic) bond motifs is 1. The smallest absolute Gasteiger partial charge is 0.257 e. The number of carbonyl (C=O) groups excluding carboxylic acids is 1. The number of benzene rings is 1. The van der Waals surface area contributed by atoms with E-state index in [1.54, 1.807) is 18.2 Å². The molecule has 27 heavy (non-hydrogen) atoms. The number of carbonyl (C=O) groups is 1. The molecular formula is C20H20ClN3O3. The third-order valence-corrected chi connectivity index (χ3v) is 4.63. The molecule has 1 aromatic carbocycles. The van der Waals surface area contributed by atoms with Crippen LogP contribution in [0.3, 0.4) is 0 Å². The standard InChI is InChI=1S/C20H20ClN3O3/c1-12-14(3-2-8-25)9-16-18(26)17(11-22-19(16)24-12)20(27)23-10-13-4-6-15(21)7-5-13/h4-7,9,11,25H,2-3,8,10H2,1H3,(H,23,27)(H,22,24,26). The lowest BCUT2D eigenvalue weighted by Gasteiger charge is -2.09. The van der Waals surface area contributed by atoms with Crippen molar-refractivity contribution in [3.05, 3.63) is 74.2 Å². The van der Waals surface area contributed by atoms with Crippen molar-refractivity contribution in [2.24, 2.45) is 0 Å². The number of aromatic nitrogens is 2. The van der Waals surface area contributed by atoms with Gasteiger partial charge in [-0.2, -0.15) is 0 Å². The van der Waals surface area contributed by atoms with Crippen molar-refractivity contribution in [1.29, 1.82) is 0 Å². The summed E-state index contributed by atoms with van der Waals surface area (Å²) in [6.07, 6.45) is 2.60. The van der Waals surface area contributed by atoms with E-state index in [0.29, 0.717) is 35.4 Å².